The fraction of sp³-hybridized carbons (Fsp3) is 0.250. The third-order valence-corrected chi connectivity index (χ3v) is 0.732. The first-order chi connectivity index (χ1) is 4.20. The van der Waals surface area contributed by atoms with Gasteiger partial charge in [-0.3, -0.25) is 9.59 Å². The Morgan fingerprint density at radius 2 is 1.78 bits per heavy atom. The van der Waals surface area contributed by atoms with Gasteiger partial charge in [0.2, 0.25) is 0 Å². The van der Waals surface area contributed by atoms with E-state index in [4.69, 9.17) is 0 Å². The van der Waals surface area contributed by atoms with Gasteiger partial charge in [-0.15, -0.1) is 10.2 Å². The summed E-state index contributed by atoms with van der Waals surface area (Å²) < 4.78 is 0. The number of rotatable bonds is 0. The number of amides is 2. The van der Waals surface area contributed by atoms with Gasteiger partial charge in [0, 0.05) is 0 Å². The van der Waals surface area contributed by atoms with Crippen molar-refractivity contribution in [2.75, 3.05) is 0 Å². The predicted molar refractivity (Wildman–Crippen MR) is 28.0 cm³/mol. The summed E-state index contributed by atoms with van der Waals surface area (Å²) in [4.78, 5) is 23.8. The van der Waals surface area contributed by atoms with E-state index in [2.05, 4.69) is 15.2 Å². The van der Waals surface area contributed by atoms with Crippen molar-refractivity contribution in [3.8, 4) is 0 Å². The highest BCUT2D eigenvalue weighted by Gasteiger charge is 2.15. The van der Waals surface area contributed by atoms with Crippen molar-refractivity contribution in [3.05, 3.63) is 0 Å². The maximum absolute atomic E-state index is 10.3. The Morgan fingerprint density at radius 1 is 1.11 bits per heavy atom. The van der Waals surface area contributed by atoms with Crippen LogP contribution in [0.15, 0.2) is 15.2 Å². The quantitative estimate of drug-likeness (QED) is 0.425. The highest BCUT2D eigenvalue weighted by Crippen LogP contribution is 1.94. The van der Waals surface area contributed by atoms with Gasteiger partial charge in [-0.05, 0) is 6.92 Å². The van der Waals surface area contributed by atoms with Crippen LogP contribution in [0, 0.1) is 0 Å². The van der Waals surface area contributed by atoms with E-state index in [1.807, 2.05) is 0 Å². The van der Waals surface area contributed by atoms with Crippen LogP contribution in [0.25, 0.3) is 0 Å². The second-order valence-electron chi connectivity index (χ2n) is 1.47. The van der Waals surface area contributed by atoms with Gasteiger partial charge in [-0.1, -0.05) is 0 Å². The van der Waals surface area contributed by atoms with Gasteiger partial charge in [-0.2, -0.15) is 4.99 Å². The SMILES string of the molecule is CC1=NC(=O)C(=O)N=N1. The molecule has 0 N–H and O–H groups in total. The fourth-order valence-corrected chi connectivity index (χ4v) is 0.378. The van der Waals surface area contributed by atoms with Gasteiger partial charge in [0.1, 0.15) is 0 Å². The molecule has 1 aliphatic rings. The van der Waals surface area contributed by atoms with Crippen LogP contribution >= 0.6 is 0 Å². The summed E-state index contributed by atoms with van der Waals surface area (Å²) in [5, 5.41) is 6.26. The van der Waals surface area contributed by atoms with Crippen LogP contribution in [-0.4, -0.2) is 17.6 Å². The molecule has 0 aromatic rings. The molecule has 1 aliphatic heterocycles. The van der Waals surface area contributed by atoms with Crippen molar-refractivity contribution in [1.29, 1.82) is 0 Å². The molecule has 0 fully saturated rings. The van der Waals surface area contributed by atoms with E-state index in [0.717, 1.165) is 0 Å². The van der Waals surface area contributed by atoms with Crippen LogP contribution in [-0.2, 0) is 9.59 Å². The maximum atomic E-state index is 10.3. The zero-order valence-electron chi connectivity index (χ0n) is 4.66. The molecule has 5 heteroatoms. The monoisotopic (exact) mass is 125 g/mol. The standard InChI is InChI=1S/C4H3N3O2/c1-2-5-3(8)4(9)7-6-2/h1H3. The van der Waals surface area contributed by atoms with Gasteiger partial charge in [0.05, 0.1) is 0 Å². The summed E-state index contributed by atoms with van der Waals surface area (Å²) in [5.41, 5.74) is 0. The lowest BCUT2D eigenvalue weighted by Gasteiger charge is -1.92. The van der Waals surface area contributed by atoms with Crippen LogP contribution in [0.4, 0.5) is 0 Å². The zero-order chi connectivity index (χ0) is 6.85. The van der Waals surface area contributed by atoms with Crippen LogP contribution in [0.2, 0.25) is 0 Å². The lowest BCUT2D eigenvalue weighted by atomic mass is 10.5. The van der Waals surface area contributed by atoms with Gasteiger partial charge < -0.3 is 0 Å². The van der Waals surface area contributed by atoms with E-state index in [-0.39, 0.29) is 5.84 Å². The van der Waals surface area contributed by atoms with Crippen LogP contribution in [0.1, 0.15) is 6.92 Å². The third kappa shape index (κ3) is 1.04. The number of aliphatic imine (C=N–C) groups is 1. The second kappa shape index (κ2) is 1.85. The van der Waals surface area contributed by atoms with Crippen LogP contribution < -0.4 is 0 Å². The van der Waals surface area contributed by atoms with Gasteiger partial charge in [0.15, 0.2) is 5.84 Å². The van der Waals surface area contributed by atoms with E-state index < -0.39 is 11.8 Å². The minimum atomic E-state index is -0.902. The molecule has 0 aromatic carbocycles. The Labute approximate surface area is 50.5 Å². The highest BCUT2D eigenvalue weighted by molar-refractivity contribution is 6.38. The summed E-state index contributed by atoms with van der Waals surface area (Å²) in [6, 6.07) is 0. The lowest BCUT2D eigenvalue weighted by Crippen LogP contribution is -2.13. The first-order valence-corrected chi connectivity index (χ1v) is 2.25. The number of hydrogen-bond acceptors (Lipinski definition) is 3. The number of nitrogens with zero attached hydrogens (tertiary/aromatic N) is 3. The molecular formula is C4H3N3O2. The summed E-state index contributed by atoms with van der Waals surface area (Å²) in [5.74, 6) is -1.53. The molecule has 46 valence electrons. The minimum Gasteiger partial charge on any atom is -0.261 e. The first-order valence-electron chi connectivity index (χ1n) is 2.25. The number of azo groups is 1. The van der Waals surface area contributed by atoms with Gasteiger partial charge in [0.25, 0.3) is 0 Å². The third-order valence-electron chi connectivity index (χ3n) is 0.732. The first kappa shape index (κ1) is 5.74. The Balaban J connectivity index is 2.95. The highest BCUT2D eigenvalue weighted by atomic mass is 16.2. The molecule has 2 amide bonds. The zero-order valence-corrected chi connectivity index (χ0v) is 4.66. The normalized spacial score (nSPS) is 18.1. The molecule has 0 aliphatic carbocycles. The summed E-state index contributed by atoms with van der Waals surface area (Å²) in [7, 11) is 0. The largest absolute Gasteiger partial charge is 0.355 e. The van der Waals surface area contributed by atoms with E-state index in [9.17, 15) is 9.59 Å². The molecule has 1 rings (SSSR count). The topological polar surface area (TPSA) is 71.2 Å². The average Bonchev–Trinajstić information content (AvgIpc) is 1.80. The van der Waals surface area contributed by atoms with Crippen LogP contribution in [0.5, 0.6) is 0 Å². The molecule has 0 spiro atoms. The van der Waals surface area contributed by atoms with E-state index in [1.165, 1.54) is 6.92 Å². The molecule has 0 atom stereocenters. The summed E-state index contributed by atoms with van der Waals surface area (Å²) in [6.07, 6.45) is 0. The number of hydrogen-bond donors (Lipinski definition) is 0. The average molecular weight is 125 g/mol. The molecule has 0 bridgehead atoms. The van der Waals surface area contributed by atoms with Crippen LogP contribution in [0.3, 0.4) is 0 Å². The smallest absolute Gasteiger partial charge is 0.261 e. The number of carbonyl (C=O) groups is 2. The van der Waals surface area contributed by atoms with Crippen molar-refractivity contribution in [3.63, 3.8) is 0 Å². The Kier molecular flexibility index (Phi) is 1.18. The molecule has 0 unspecified atom stereocenters. The Bertz CT molecular complexity index is 228. The second-order valence-corrected chi connectivity index (χ2v) is 1.47. The Morgan fingerprint density at radius 3 is 2.22 bits per heavy atom. The molecule has 1 heterocycles. The van der Waals surface area contributed by atoms with Gasteiger partial charge in [-0.25, -0.2) is 0 Å². The Hall–Kier alpha value is -1.39. The fourth-order valence-electron chi connectivity index (χ4n) is 0.378. The molecule has 0 saturated heterocycles. The summed E-state index contributed by atoms with van der Waals surface area (Å²) >= 11 is 0. The summed E-state index contributed by atoms with van der Waals surface area (Å²) in [6.45, 7) is 1.49. The molecule has 9 heavy (non-hydrogen) atoms. The molecule has 0 saturated carbocycles. The predicted octanol–water partition coefficient (Wildman–Crippen LogP) is -0.0762. The van der Waals surface area contributed by atoms with Crippen molar-refractivity contribution in [2.24, 2.45) is 15.2 Å². The molecule has 5 nitrogen and oxygen atoms in total. The molecule has 0 aromatic heterocycles. The number of carbonyl (C=O) groups excluding carboxylic acids is 2. The number of amidine groups is 1. The van der Waals surface area contributed by atoms with E-state index >= 15 is 0 Å². The van der Waals surface area contributed by atoms with Crippen molar-refractivity contribution in [2.45, 2.75) is 6.92 Å². The molecule has 0 radical (unpaired) electrons. The van der Waals surface area contributed by atoms with E-state index in [0.29, 0.717) is 0 Å². The molecular weight excluding hydrogens is 122 g/mol. The lowest BCUT2D eigenvalue weighted by molar-refractivity contribution is -0.135. The maximum Gasteiger partial charge on any atom is 0.355 e. The van der Waals surface area contributed by atoms with E-state index in [1.54, 1.807) is 0 Å². The van der Waals surface area contributed by atoms with Crippen molar-refractivity contribution in [1.82, 2.24) is 0 Å². The van der Waals surface area contributed by atoms with Crippen molar-refractivity contribution < 1.29 is 9.59 Å². The van der Waals surface area contributed by atoms with Crippen molar-refractivity contribution >= 4 is 17.6 Å². The minimum absolute atomic E-state index is 0.222. The van der Waals surface area contributed by atoms with Gasteiger partial charge >= 0.3 is 11.8 Å².